The van der Waals surface area contributed by atoms with Gasteiger partial charge in [-0.3, -0.25) is 9.69 Å². The zero-order chi connectivity index (χ0) is 16.8. The molecule has 1 aliphatic rings. The van der Waals surface area contributed by atoms with E-state index in [1.807, 2.05) is 0 Å². The van der Waals surface area contributed by atoms with Crippen molar-refractivity contribution >= 4 is 38.0 Å². The van der Waals surface area contributed by atoms with E-state index >= 15 is 0 Å². The van der Waals surface area contributed by atoms with Crippen LogP contribution in [0.1, 0.15) is 5.82 Å². The zero-order valence-electron chi connectivity index (χ0n) is 13.2. The number of furan rings is 1. The lowest BCUT2D eigenvalue weighted by molar-refractivity contribution is 0.145. The zero-order valence-corrected chi connectivity index (χ0v) is 14.8. The number of fused-ring (bicyclic) bond motifs is 3. The number of nitrogens with one attached hydrogen (secondary N) is 1. The van der Waals surface area contributed by atoms with Crippen molar-refractivity contribution < 1.29 is 9.52 Å². The van der Waals surface area contributed by atoms with Crippen LogP contribution in [0.4, 0.5) is 0 Å². The number of likely N-dealkylation sites (N-methyl/N-ethyl adjacent to an activating group) is 1. The Bertz CT molecular complexity index is 973. The van der Waals surface area contributed by atoms with E-state index in [4.69, 9.17) is 4.42 Å². The van der Waals surface area contributed by atoms with Gasteiger partial charge < -0.3 is 19.4 Å². The lowest BCUT2D eigenvalue weighted by Gasteiger charge is -2.31. The van der Waals surface area contributed by atoms with E-state index in [2.05, 4.69) is 42.7 Å². The average molecular weight is 393 g/mol. The Morgan fingerprint density at radius 3 is 2.83 bits per heavy atom. The van der Waals surface area contributed by atoms with Crippen LogP contribution in [0, 0.1) is 0 Å². The molecule has 0 saturated carbocycles. The van der Waals surface area contributed by atoms with Crippen molar-refractivity contribution in [2.45, 2.75) is 6.54 Å². The Hall–Kier alpha value is -1.90. The van der Waals surface area contributed by atoms with E-state index in [1.165, 1.54) is 6.07 Å². The van der Waals surface area contributed by atoms with E-state index in [0.29, 0.717) is 33.3 Å². The molecule has 0 radical (unpaired) electrons. The quantitative estimate of drug-likeness (QED) is 0.692. The van der Waals surface area contributed by atoms with Gasteiger partial charge in [0.2, 0.25) is 5.58 Å². The molecular weight excluding hydrogens is 376 g/mol. The Morgan fingerprint density at radius 2 is 2.08 bits per heavy atom. The SMILES string of the molecule is CN1CCN(Cc2nc3c(oc4cc(O)c(Br)cc43)c(=O)[nH]2)CC1. The molecule has 0 spiro atoms. The predicted molar refractivity (Wildman–Crippen MR) is 94.3 cm³/mol. The number of hydrogen-bond donors (Lipinski definition) is 2. The summed E-state index contributed by atoms with van der Waals surface area (Å²) in [6.07, 6.45) is 0. The van der Waals surface area contributed by atoms with Gasteiger partial charge in [0.05, 0.1) is 11.0 Å². The van der Waals surface area contributed by atoms with Gasteiger partial charge in [0.25, 0.3) is 5.56 Å². The number of phenolic OH excluding ortho intramolecular Hbond substituents is 1. The van der Waals surface area contributed by atoms with E-state index in [1.54, 1.807) is 6.07 Å². The maximum absolute atomic E-state index is 12.3. The molecule has 0 atom stereocenters. The number of halogens is 1. The minimum absolute atomic E-state index is 0.0654. The minimum Gasteiger partial charge on any atom is -0.507 e. The predicted octanol–water partition coefficient (Wildman–Crippen LogP) is 1.88. The molecule has 24 heavy (non-hydrogen) atoms. The highest BCUT2D eigenvalue weighted by Crippen LogP contribution is 2.33. The van der Waals surface area contributed by atoms with E-state index in [-0.39, 0.29) is 16.9 Å². The summed E-state index contributed by atoms with van der Waals surface area (Å²) in [6, 6.07) is 3.21. The molecule has 0 amide bonds. The van der Waals surface area contributed by atoms with Crippen molar-refractivity contribution in [3.8, 4) is 5.75 Å². The fourth-order valence-corrected chi connectivity index (χ4v) is 3.34. The molecule has 126 valence electrons. The number of piperazine rings is 1. The molecular formula is C16H17BrN4O3. The molecule has 7 nitrogen and oxygen atoms in total. The Labute approximate surface area is 146 Å². The number of hydrogen-bond acceptors (Lipinski definition) is 6. The molecule has 3 heterocycles. The molecule has 1 fully saturated rings. The average Bonchev–Trinajstić information content (AvgIpc) is 2.89. The van der Waals surface area contributed by atoms with E-state index in [0.717, 1.165) is 26.2 Å². The number of aromatic hydroxyl groups is 1. The number of aromatic amines is 1. The number of H-pyrrole nitrogens is 1. The fourth-order valence-electron chi connectivity index (χ4n) is 3.00. The van der Waals surface area contributed by atoms with Crippen LogP contribution < -0.4 is 5.56 Å². The summed E-state index contributed by atoms with van der Waals surface area (Å²) in [5, 5.41) is 10.5. The van der Waals surface area contributed by atoms with Crippen LogP contribution in [0.25, 0.3) is 22.1 Å². The normalized spacial score (nSPS) is 17.1. The van der Waals surface area contributed by atoms with Gasteiger partial charge in [-0.1, -0.05) is 0 Å². The summed E-state index contributed by atoms with van der Waals surface area (Å²) in [7, 11) is 2.11. The van der Waals surface area contributed by atoms with Crippen molar-refractivity contribution in [2.75, 3.05) is 33.2 Å². The first-order valence-corrected chi connectivity index (χ1v) is 8.55. The lowest BCUT2D eigenvalue weighted by atomic mass is 10.2. The van der Waals surface area contributed by atoms with Crippen LogP contribution in [0.15, 0.2) is 25.8 Å². The first kappa shape index (κ1) is 15.6. The number of phenols is 1. The van der Waals surface area contributed by atoms with Crippen molar-refractivity contribution in [1.29, 1.82) is 0 Å². The van der Waals surface area contributed by atoms with Gasteiger partial charge in [0.1, 0.15) is 22.7 Å². The van der Waals surface area contributed by atoms with Crippen molar-refractivity contribution in [3.05, 3.63) is 32.8 Å². The summed E-state index contributed by atoms with van der Waals surface area (Å²) in [5.74, 6) is 0.694. The summed E-state index contributed by atoms with van der Waals surface area (Å²) in [6.45, 7) is 4.51. The first-order chi connectivity index (χ1) is 11.5. The van der Waals surface area contributed by atoms with E-state index in [9.17, 15) is 9.90 Å². The monoisotopic (exact) mass is 392 g/mol. The van der Waals surface area contributed by atoms with Gasteiger partial charge in [0.15, 0.2) is 0 Å². The highest BCUT2D eigenvalue weighted by atomic mass is 79.9. The van der Waals surface area contributed by atoms with Gasteiger partial charge >= 0.3 is 0 Å². The molecule has 2 N–H and O–H groups in total. The number of nitrogens with zero attached hydrogens (tertiary/aromatic N) is 3. The summed E-state index contributed by atoms with van der Waals surface area (Å²) in [5.41, 5.74) is 0.861. The third-order valence-corrected chi connectivity index (χ3v) is 5.05. The van der Waals surface area contributed by atoms with Crippen molar-refractivity contribution in [2.24, 2.45) is 0 Å². The van der Waals surface area contributed by atoms with Crippen LogP contribution in [-0.4, -0.2) is 58.1 Å². The summed E-state index contributed by atoms with van der Waals surface area (Å²) in [4.78, 5) is 24.3. The molecule has 1 aromatic carbocycles. The standard InChI is InChI=1S/C16H17BrN4O3/c1-20-2-4-21(5-3-20)8-13-18-14-9-6-10(17)11(22)7-12(9)24-15(14)16(23)19-13/h6-7,22H,2-5,8H2,1H3,(H,18,19,23). The minimum atomic E-state index is -0.295. The second kappa shape index (κ2) is 5.87. The maximum atomic E-state index is 12.3. The first-order valence-electron chi connectivity index (χ1n) is 7.76. The Morgan fingerprint density at radius 1 is 1.33 bits per heavy atom. The topological polar surface area (TPSA) is 85.6 Å². The smallest absolute Gasteiger partial charge is 0.294 e. The number of rotatable bonds is 2. The van der Waals surface area contributed by atoms with Crippen LogP contribution in [-0.2, 0) is 6.54 Å². The van der Waals surface area contributed by atoms with Gasteiger partial charge in [0, 0.05) is 37.6 Å². The molecule has 2 aromatic heterocycles. The van der Waals surface area contributed by atoms with Gasteiger partial charge in [-0.15, -0.1) is 0 Å². The molecule has 8 heteroatoms. The highest BCUT2D eigenvalue weighted by Gasteiger charge is 2.18. The summed E-state index contributed by atoms with van der Waals surface area (Å²) >= 11 is 3.29. The lowest BCUT2D eigenvalue weighted by Crippen LogP contribution is -2.44. The molecule has 0 unspecified atom stereocenters. The number of benzene rings is 1. The van der Waals surface area contributed by atoms with Gasteiger partial charge in [-0.2, -0.15) is 0 Å². The Balaban J connectivity index is 1.76. The van der Waals surface area contributed by atoms with Crippen molar-refractivity contribution in [1.82, 2.24) is 19.8 Å². The van der Waals surface area contributed by atoms with Crippen LogP contribution in [0.5, 0.6) is 5.75 Å². The second-order valence-electron chi connectivity index (χ2n) is 6.17. The fraction of sp³-hybridized carbons (Fsp3) is 0.375. The van der Waals surface area contributed by atoms with Crippen molar-refractivity contribution in [3.63, 3.8) is 0 Å². The molecule has 3 aromatic rings. The second-order valence-corrected chi connectivity index (χ2v) is 7.03. The largest absolute Gasteiger partial charge is 0.507 e. The number of aromatic nitrogens is 2. The van der Waals surface area contributed by atoms with Crippen LogP contribution >= 0.6 is 15.9 Å². The molecule has 1 aliphatic heterocycles. The highest BCUT2D eigenvalue weighted by molar-refractivity contribution is 9.10. The van der Waals surface area contributed by atoms with E-state index < -0.39 is 0 Å². The summed E-state index contributed by atoms with van der Waals surface area (Å²) < 4.78 is 6.11. The molecule has 1 saturated heterocycles. The van der Waals surface area contributed by atoms with Crippen LogP contribution in [0.2, 0.25) is 0 Å². The van der Waals surface area contributed by atoms with Gasteiger partial charge in [-0.25, -0.2) is 4.98 Å². The van der Waals surface area contributed by atoms with Gasteiger partial charge in [-0.05, 0) is 29.0 Å². The molecule has 0 aliphatic carbocycles. The Kier molecular flexibility index (Phi) is 3.82. The van der Waals surface area contributed by atoms with Crippen LogP contribution in [0.3, 0.4) is 0 Å². The maximum Gasteiger partial charge on any atom is 0.294 e. The third-order valence-electron chi connectivity index (χ3n) is 4.41. The molecule has 0 bridgehead atoms. The molecule has 4 rings (SSSR count). The third kappa shape index (κ3) is 2.70.